The molecular formula is C14H13ClFIN2. The van der Waals surface area contributed by atoms with Crippen LogP contribution in [0.25, 0.3) is 0 Å². The molecule has 0 aliphatic rings. The summed E-state index contributed by atoms with van der Waals surface area (Å²) in [6, 6.07) is 12.8. The molecule has 5 heteroatoms. The number of hydrogen-bond donors (Lipinski definition) is 2. The summed E-state index contributed by atoms with van der Waals surface area (Å²) in [6.45, 7) is 0. The zero-order valence-corrected chi connectivity index (χ0v) is 13.0. The third-order valence-electron chi connectivity index (χ3n) is 2.88. The zero-order valence-electron chi connectivity index (χ0n) is 10.0. The van der Waals surface area contributed by atoms with E-state index in [1.54, 1.807) is 6.07 Å². The van der Waals surface area contributed by atoms with Crippen molar-refractivity contribution in [2.24, 2.45) is 5.84 Å². The maximum atomic E-state index is 13.4. The van der Waals surface area contributed by atoms with E-state index in [2.05, 4.69) is 34.1 Å². The van der Waals surface area contributed by atoms with E-state index in [0.29, 0.717) is 6.42 Å². The summed E-state index contributed by atoms with van der Waals surface area (Å²) in [5.74, 6) is 5.19. The van der Waals surface area contributed by atoms with Gasteiger partial charge in [-0.1, -0.05) is 29.8 Å². The molecule has 0 amide bonds. The lowest BCUT2D eigenvalue weighted by atomic mass is 9.99. The minimum Gasteiger partial charge on any atom is -0.271 e. The van der Waals surface area contributed by atoms with Gasteiger partial charge in [0.1, 0.15) is 5.82 Å². The van der Waals surface area contributed by atoms with Gasteiger partial charge in [0.05, 0.1) is 11.1 Å². The first-order valence-corrected chi connectivity index (χ1v) is 7.21. The summed E-state index contributed by atoms with van der Waals surface area (Å²) in [5, 5.41) is 0.135. The number of benzene rings is 2. The van der Waals surface area contributed by atoms with Crippen LogP contribution in [0.15, 0.2) is 42.5 Å². The fourth-order valence-corrected chi connectivity index (χ4v) is 2.58. The van der Waals surface area contributed by atoms with Crippen LogP contribution in [-0.2, 0) is 6.42 Å². The van der Waals surface area contributed by atoms with Crippen molar-refractivity contribution in [2.45, 2.75) is 12.5 Å². The van der Waals surface area contributed by atoms with Crippen molar-refractivity contribution < 1.29 is 4.39 Å². The average molecular weight is 391 g/mol. The number of hydrogen-bond acceptors (Lipinski definition) is 2. The second-order valence-corrected chi connectivity index (χ2v) is 5.88. The Labute approximate surface area is 130 Å². The van der Waals surface area contributed by atoms with Crippen molar-refractivity contribution >= 4 is 34.2 Å². The summed E-state index contributed by atoms with van der Waals surface area (Å²) in [4.78, 5) is 0. The van der Waals surface area contributed by atoms with Crippen LogP contribution in [0.1, 0.15) is 17.2 Å². The largest absolute Gasteiger partial charge is 0.271 e. The van der Waals surface area contributed by atoms with Crippen LogP contribution in [-0.4, -0.2) is 0 Å². The predicted octanol–water partition coefficient (Wildman–Crippen LogP) is 3.83. The molecule has 0 aromatic heterocycles. The van der Waals surface area contributed by atoms with E-state index >= 15 is 0 Å². The monoisotopic (exact) mass is 390 g/mol. The SMILES string of the molecule is NNC(Cc1ccc(Cl)c(F)c1)c1cccc(I)c1. The summed E-state index contributed by atoms with van der Waals surface area (Å²) in [7, 11) is 0. The number of halogens is 3. The standard InChI is InChI=1S/C14H13ClFIN2/c15-12-5-4-9(6-13(12)16)7-14(19-18)10-2-1-3-11(17)8-10/h1-6,8,14,19H,7,18H2. The minimum atomic E-state index is -0.405. The van der Waals surface area contributed by atoms with E-state index in [1.807, 2.05) is 24.3 Å². The van der Waals surface area contributed by atoms with Gasteiger partial charge in [-0.2, -0.15) is 0 Å². The lowest BCUT2D eigenvalue weighted by Gasteiger charge is -2.17. The molecule has 2 aromatic rings. The Morgan fingerprint density at radius 3 is 2.68 bits per heavy atom. The molecule has 0 saturated heterocycles. The van der Waals surface area contributed by atoms with Gasteiger partial charge in [-0.05, 0) is 64.4 Å². The van der Waals surface area contributed by atoms with Gasteiger partial charge in [-0.15, -0.1) is 0 Å². The van der Waals surface area contributed by atoms with E-state index in [1.165, 1.54) is 6.07 Å². The van der Waals surface area contributed by atoms with E-state index in [4.69, 9.17) is 17.4 Å². The van der Waals surface area contributed by atoms with E-state index in [-0.39, 0.29) is 11.1 Å². The van der Waals surface area contributed by atoms with Crippen LogP contribution >= 0.6 is 34.2 Å². The number of rotatable bonds is 4. The van der Waals surface area contributed by atoms with Gasteiger partial charge in [-0.25, -0.2) is 4.39 Å². The molecule has 2 nitrogen and oxygen atoms in total. The van der Waals surface area contributed by atoms with Crippen LogP contribution in [0.3, 0.4) is 0 Å². The van der Waals surface area contributed by atoms with Gasteiger partial charge in [-0.3, -0.25) is 11.3 Å². The van der Waals surface area contributed by atoms with Gasteiger partial charge in [0, 0.05) is 3.57 Å². The Balaban J connectivity index is 2.21. The Morgan fingerprint density at radius 2 is 2.05 bits per heavy atom. The van der Waals surface area contributed by atoms with Crippen LogP contribution in [0, 0.1) is 9.39 Å². The molecule has 100 valence electrons. The average Bonchev–Trinajstić information content (AvgIpc) is 2.40. The van der Waals surface area contributed by atoms with Gasteiger partial charge < -0.3 is 0 Å². The van der Waals surface area contributed by atoms with E-state index in [0.717, 1.165) is 14.7 Å². The van der Waals surface area contributed by atoms with Crippen LogP contribution in [0.2, 0.25) is 5.02 Å². The lowest BCUT2D eigenvalue weighted by Crippen LogP contribution is -2.29. The molecule has 2 rings (SSSR count). The number of nitrogens with one attached hydrogen (secondary N) is 1. The van der Waals surface area contributed by atoms with Gasteiger partial charge >= 0.3 is 0 Å². The van der Waals surface area contributed by atoms with E-state index in [9.17, 15) is 4.39 Å². The molecule has 19 heavy (non-hydrogen) atoms. The molecule has 1 atom stereocenters. The second kappa shape index (κ2) is 6.65. The lowest BCUT2D eigenvalue weighted by molar-refractivity contribution is 0.548. The Bertz CT molecular complexity index is 577. The summed E-state index contributed by atoms with van der Waals surface area (Å²) >= 11 is 7.92. The van der Waals surface area contributed by atoms with Crippen molar-refractivity contribution in [1.29, 1.82) is 0 Å². The summed E-state index contributed by atoms with van der Waals surface area (Å²) in [5.41, 5.74) is 4.69. The molecule has 0 aliphatic carbocycles. The molecular weight excluding hydrogens is 378 g/mol. The quantitative estimate of drug-likeness (QED) is 0.473. The molecule has 0 aliphatic heterocycles. The van der Waals surface area contributed by atoms with Crippen molar-refractivity contribution in [1.82, 2.24) is 5.43 Å². The highest BCUT2D eigenvalue weighted by molar-refractivity contribution is 14.1. The normalized spacial score (nSPS) is 12.4. The van der Waals surface area contributed by atoms with E-state index < -0.39 is 5.82 Å². The first-order valence-electron chi connectivity index (χ1n) is 5.75. The molecule has 1 unspecified atom stereocenters. The molecule has 0 fully saturated rings. The van der Waals surface area contributed by atoms with Gasteiger partial charge in [0.2, 0.25) is 0 Å². The topological polar surface area (TPSA) is 38.0 Å². The fourth-order valence-electron chi connectivity index (χ4n) is 1.90. The highest BCUT2D eigenvalue weighted by Crippen LogP contribution is 2.22. The second-order valence-electron chi connectivity index (χ2n) is 4.23. The van der Waals surface area contributed by atoms with Crippen molar-refractivity contribution in [2.75, 3.05) is 0 Å². The molecule has 2 aromatic carbocycles. The zero-order chi connectivity index (χ0) is 13.8. The highest BCUT2D eigenvalue weighted by Gasteiger charge is 2.12. The fraction of sp³-hybridized carbons (Fsp3) is 0.143. The number of nitrogens with two attached hydrogens (primary N) is 1. The molecule has 0 bridgehead atoms. The molecule has 3 N–H and O–H groups in total. The summed E-state index contributed by atoms with van der Waals surface area (Å²) in [6.07, 6.45) is 0.602. The maximum absolute atomic E-state index is 13.4. The third kappa shape index (κ3) is 3.89. The van der Waals surface area contributed by atoms with Crippen molar-refractivity contribution in [3.63, 3.8) is 0 Å². The van der Waals surface area contributed by atoms with Crippen LogP contribution in [0.4, 0.5) is 4.39 Å². The molecule has 0 heterocycles. The van der Waals surface area contributed by atoms with Gasteiger partial charge in [0.25, 0.3) is 0 Å². The minimum absolute atomic E-state index is 0.0599. The molecule has 0 saturated carbocycles. The van der Waals surface area contributed by atoms with Crippen molar-refractivity contribution in [3.8, 4) is 0 Å². The smallest absolute Gasteiger partial charge is 0.142 e. The Kier molecular flexibility index (Phi) is 5.15. The maximum Gasteiger partial charge on any atom is 0.142 e. The number of hydrazine groups is 1. The predicted molar refractivity (Wildman–Crippen MR) is 84.3 cm³/mol. The first kappa shape index (κ1) is 14.7. The van der Waals surface area contributed by atoms with Crippen molar-refractivity contribution in [3.05, 3.63) is 68.0 Å². The molecule has 0 radical (unpaired) electrons. The third-order valence-corrected chi connectivity index (χ3v) is 3.85. The van der Waals surface area contributed by atoms with Crippen LogP contribution in [0.5, 0.6) is 0 Å². The Hall–Kier alpha value is -0.690. The first-order chi connectivity index (χ1) is 9.10. The highest BCUT2D eigenvalue weighted by atomic mass is 127. The molecule has 0 spiro atoms. The van der Waals surface area contributed by atoms with Crippen LogP contribution < -0.4 is 11.3 Å². The Morgan fingerprint density at radius 1 is 1.26 bits per heavy atom. The van der Waals surface area contributed by atoms with Gasteiger partial charge in [0.15, 0.2) is 0 Å². The summed E-state index contributed by atoms with van der Waals surface area (Å²) < 4.78 is 14.6.